The third-order valence-electron chi connectivity index (χ3n) is 3.86. The maximum absolute atomic E-state index is 5.45. The van der Waals surface area contributed by atoms with Gasteiger partial charge in [0.1, 0.15) is 0 Å². The SMILES string of the molecule is Cc1cc(C)c(NC(=S)NC2CCCCC2)c(C)c1. The lowest BCUT2D eigenvalue weighted by Gasteiger charge is -2.25. The van der Waals surface area contributed by atoms with Gasteiger partial charge in [-0.15, -0.1) is 0 Å². The molecule has 0 radical (unpaired) electrons. The maximum atomic E-state index is 5.45. The molecule has 0 aromatic heterocycles. The lowest BCUT2D eigenvalue weighted by molar-refractivity contribution is 0.415. The number of rotatable bonds is 2. The van der Waals surface area contributed by atoms with Gasteiger partial charge in [0, 0.05) is 11.7 Å². The average Bonchev–Trinajstić information content (AvgIpc) is 2.35. The summed E-state index contributed by atoms with van der Waals surface area (Å²) in [6.45, 7) is 6.39. The summed E-state index contributed by atoms with van der Waals surface area (Å²) in [5.41, 5.74) is 4.96. The minimum atomic E-state index is 0.555. The summed E-state index contributed by atoms with van der Waals surface area (Å²) in [6.07, 6.45) is 6.50. The van der Waals surface area contributed by atoms with Crippen LogP contribution in [0.15, 0.2) is 12.1 Å². The first-order chi connectivity index (χ1) is 9.06. The molecular weight excluding hydrogens is 252 g/mol. The van der Waals surface area contributed by atoms with Gasteiger partial charge in [0.15, 0.2) is 5.11 Å². The van der Waals surface area contributed by atoms with Crippen LogP contribution in [0.4, 0.5) is 5.69 Å². The third-order valence-corrected chi connectivity index (χ3v) is 4.08. The van der Waals surface area contributed by atoms with Crippen molar-refractivity contribution < 1.29 is 0 Å². The topological polar surface area (TPSA) is 24.1 Å². The number of anilines is 1. The zero-order valence-corrected chi connectivity index (χ0v) is 13.0. The molecule has 1 aliphatic carbocycles. The van der Waals surface area contributed by atoms with E-state index in [1.54, 1.807) is 0 Å². The van der Waals surface area contributed by atoms with Gasteiger partial charge in [-0.2, -0.15) is 0 Å². The van der Waals surface area contributed by atoms with Crippen LogP contribution in [0, 0.1) is 20.8 Å². The largest absolute Gasteiger partial charge is 0.360 e. The molecule has 2 N–H and O–H groups in total. The Kier molecular flexibility index (Phi) is 4.81. The molecule has 1 aromatic carbocycles. The Balaban J connectivity index is 1.98. The Labute approximate surface area is 122 Å². The molecule has 0 saturated heterocycles. The van der Waals surface area contributed by atoms with Gasteiger partial charge in [-0.25, -0.2) is 0 Å². The van der Waals surface area contributed by atoms with Gasteiger partial charge in [0.2, 0.25) is 0 Å². The first-order valence-electron chi connectivity index (χ1n) is 7.21. The normalized spacial score (nSPS) is 16.2. The molecule has 1 aliphatic rings. The van der Waals surface area contributed by atoms with Gasteiger partial charge in [0.05, 0.1) is 0 Å². The lowest BCUT2D eigenvalue weighted by atomic mass is 9.96. The molecule has 0 amide bonds. The molecule has 0 aliphatic heterocycles. The first-order valence-corrected chi connectivity index (χ1v) is 7.62. The zero-order valence-electron chi connectivity index (χ0n) is 12.2. The fraction of sp³-hybridized carbons (Fsp3) is 0.562. The van der Waals surface area contributed by atoms with Crippen LogP contribution in [0.2, 0.25) is 0 Å². The molecule has 0 atom stereocenters. The van der Waals surface area contributed by atoms with Gasteiger partial charge in [-0.1, -0.05) is 37.0 Å². The van der Waals surface area contributed by atoms with E-state index in [0.717, 1.165) is 10.8 Å². The smallest absolute Gasteiger partial charge is 0.171 e. The molecule has 2 nitrogen and oxygen atoms in total. The summed E-state index contributed by atoms with van der Waals surface area (Å²) in [6, 6.07) is 4.94. The van der Waals surface area contributed by atoms with Crippen molar-refractivity contribution in [2.24, 2.45) is 0 Å². The van der Waals surface area contributed by atoms with Crippen LogP contribution in [0.25, 0.3) is 0 Å². The predicted octanol–water partition coefficient (Wildman–Crippen LogP) is 4.23. The number of nitrogens with one attached hydrogen (secondary N) is 2. The van der Waals surface area contributed by atoms with E-state index in [4.69, 9.17) is 12.2 Å². The van der Waals surface area contributed by atoms with E-state index in [1.807, 2.05) is 0 Å². The van der Waals surface area contributed by atoms with Crippen molar-refractivity contribution in [2.75, 3.05) is 5.32 Å². The van der Waals surface area contributed by atoms with E-state index >= 15 is 0 Å². The van der Waals surface area contributed by atoms with Gasteiger partial charge in [-0.05, 0) is 57.0 Å². The van der Waals surface area contributed by atoms with Crippen LogP contribution in [0.5, 0.6) is 0 Å². The van der Waals surface area contributed by atoms with Gasteiger partial charge in [0.25, 0.3) is 0 Å². The third kappa shape index (κ3) is 3.93. The van der Waals surface area contributed by atoms with Crippen molar-refractivity contribution in [2.45, 2.75) is 58.9 Å². The van der Waals surface area contributed by atoms with E-state index in [1.165, 1.54) is 48.8 Å². The summed E-state index contributed by atoms with van der Waals surface area (Å²) in [4.78, 5) is 0. The Bertz CT molecular complexity index is 439. The van der Waals surface area contributed by atoms with Crippen LogP contribution in [0.1, 0.15) is 48.8 Å². The van der Waals surface area contributed by atoms with Gasteiger partial charge < -0.3 is 10.6 Å². The van der Waals surface area contributed by atoms with E-state index in [9.17, 15) is 0 Å². The van der Waals surface area contributed by atoms with Crippen LogP contribution >= 0.6 is 12.2 Å². The quantitative estimate of drug-likeness (QED) is 0.790. The zero-order chi connectivity index (χ0) is 13.8. The molecule has 3 heteroatoms. The van der Waals surface area contributed by atoms with Crippen molar-refractivity contribution in [3.8, 4) is 0 Å². The maximum Gasteiger partial charge on any atom is 0.171 e. The molecule has 0 heterocycles. The van der Waals surface area contributed by atoms with Gasteiger partial charge >= 0.3 is 0 Å². The highest BCUT2D eigenvalue weighted by molar-refractivity contribution is 7.80. The molecule has 1 fully saturated rings. The number of hydrogen-bond acceptors (Lipinski definition) is 1. The Morgan fingerprint density at radius 2 is 1.63 bits per heavy atom. The summed E-state index contributed by atoms with van der Waals surface area (Å²) < 4.78 is 0. The van der Waals surface area contributed by atoms with E-state index < -0.39 is 0 Å². The Morgan fingerprint density at radius 3 is 2.21 bits per heavy atom. The lowest BCUT2D eigenvalue weighted by Crippen LogP contribution is -2.39. The average molecular weight is 276 g/mol. The molecule has 2 rings (SSSR count). The second-order valence-corrected chi connectivity index (χ2v) is 6.12. The van der Waals surface area contributed by atoms with Crippen LogP contribution in [-0.4, -0.2) is 11.2 Å². The van der Waals surface area contributed by atoms with E-state index in [0.29, 0.717) is 6.04 Å². The second-order valence-electron chi connectivity index (χ2n) is 5.71. The summed E-state index contributed by atoms with van der Waals surface area (Å²) in [5, 5.41) is 7.60. The Hall–Kier alpha value is -1.09. The van der Waals surface area contributed by atoms with E-state index in [2.05, 4.69) is 43.5 Å². The molecule has 19 heavy (non-hydrogen) atoms. The first kappa shape index (κ1) is 14.3. The van der Waals surface area contributed by atoms with Crippen LogP contribution < -0.4 is 10.6 Å². The monoisotopic (exact) mass is 276 g/mol. The molecule has 0 spiro atoms. The number of aryl methyl sites for hydroxylation is 3. The highest BCUT2D eigenvalue weighted by Crippen LogP contribution is 2.22. The van der Waals surface area contributed by atoms with Crippen molar-refractivity contribution >= 4 is 23.0 Å². The summed E-state index contributed by atoms with van der Waals surface area (Å²) >= 11 is 5.45. The highest BCUT2D eigenvalue weighted by atomic mass is 32.1. The Morgan fingerprint density at radius 1 is 1.05 bits per heavy atom. The van der Waals surface area contributed by atoms with Crippen LogP contribution in [0.3, 0.4) is 0 Å². The minimum Gasteiger partial charge on any atom is -0.360 e. The highest BCUT2D eigenvalue weighted by Gasteiger charge is 2.14. The molecule has 1 aromatic rings. The second kappa shape index (κ2) is 6.38. The molecule has 0 bridgehead atoms. The molecule has 104 valence electrons. The number of hydrogen-bond donors (Lipinski definition) is 2. The van der Waals surface area contributed by atoms with Crippen molar-refractivity contribution in [3.05, 3.63) is 28.8 Å². The van der Waals surface area contributed by atoms with Gasteiger partial charge in [-0.3, -0.25) is 0 Å². The number of benzene rings is 1. The van der Waals surface area contributed by atoms with Crippen molar-refractivity contribution in [1.29, 1.82) is 0 Å². The fourth-order valence-electron chi connectivity index (χ4n) is 2.96. The predicted molar refractivity (Wildman–Crippen MR) is 86.9 cm³/mol. The number of thiocarbonyl (C=S) groups is 1. The van der Waals surface area contributed by atoms with Crippen molar-refractivity contribution in [1.82, 2.24) is 5.32 Å². The van der Waals surface area contributed by atoms with Crippen molar-refractivity contribution in [3.63, 3.8) is 0 Å². The summed E-state index contributed by atoms with van der Waals surface area (Å²) in [7, 11) is 0. The standard InChI is InChI=1S/C16H24N2S/c1-11-9-12(2)15(13(3)10-11)18-16(19)17-14-7-5-4-6-8-14/h9-10,14H,4-8H2,1-3H3,(H2,17,18,19). The van der Waals surface area contributed by atoms with Crippen LogP contribution in [-0.2, 0) is 0 Å². The molecule has 1 saturated carbocycles. The molecule has 0 unspecified atom stereocenters. The fourth-order valence-corrected chi connectivity index (χ4v) is 3.23. The summed E-state index contributed by atoms with van der Waals surface area (Å²) in [5.74, 6) is 0. The molecular formula is C16H24N2S. The minimum absolute atomic E-state index is 0.555. The van der Waals surface area contributed by atoms with E-state index in [-0.39, 0.29) is 0 Å².